The number of unbranched alkanes of at least 4 members (excludes halogenated alkanes) is 1. The first-order valence-electron chi connectivity index (χ1n) is 11.6. The van der Waals surface area contributed by atoms with Crippen molar-refractivity contribution < 1.29 is 13.2 Å². The molecule has 176 valence electrons. The van der Waals surface area contributed by atoms with Gasteiger partial charge in [-0.15, -0.1) is 10.2 Å². The summed E-state index contributed by atoms with van der Waals surface area (Å²) in [5, 5.41) is 10.8. The SMILES string of the molecule is CCCCN(C(=O)CSc1nnc(-c2c[nH]c3ccccc23)n1C1CC1)[C@H]1CCS(=O)(=O)C1. The van der Waals surface area contributed by atoms with E-state index < -0.39 is 9.84 Å². The Morgan fingerprint density at radius 1 is 1.24 bits per heavy atom. The average molecular weight is 488 g/mol. The van der Waals surface area contributed by atoms with E-state index in [4.69, 9.17) is 0 Å². The Balaban J connectivity index is 1.35. The standard InChI is InChI=1S/C23H29N5O3S2/c1-2-3-11-27(17-10-12-33(30,31)15-17)21(29)14-32-23-26-25-22(28(23)16-8-9-16)19-13-24-20-7-5-4-6-18(19)20/h4-7,13,16-17,24H,2-3,8-12,14-15H2,1H3/t17-/m0/s1. The number of H-pyrrole nitrogens is 1. The smallest absolute Gasteiger partial charge is 0.233 e. The molecule has 5 rings (SSSR count). The molecule has 1 N–H and O–H groups in total. The summed E-state index contributed by atoms with van der Waals surface area (Å²) in [7, 11) is -3.05. The van der Waals surface area contributed by atoms with E-state index in [0.29, 0.717) is 19.0 Å². The third-order valence-corrected chi connectivity index (χ3v) is 9.13. The number of carbonyl (C=O) groups is 1. The van der Waals surface area contributed by atoms with Gasteiger partial charge >= 0.3 is 0 Å². The van der Waals surface area contributed by atoms with Gasteiger partial charge in [-0.1, -0.05) is 43.3 Å². The molecule has 3 aromatic rings. The summed E-state index contributed by atoms with van der Waals surface area (Å²) in [4.78, 5) is 18.3. The molecule has 0 unspecified atom stereocenters. The highest BCUT2D eigenvalue weighted by Gasteiger charge is 2.35. The number of hydrogen-bond acceptors (Lipinski definition) is 6. The van der Waals surface area contributed by atoms with Crippen molar-refractivity contribution in [3.63, 3.8) is 0 Å². The van der Waals surface area contributed by atoms with E-state index in [1.807, 2.05) is 24.4 Å². The van der Waals surface area contributed by atoms with E-state index in [-0.39, 0.29) is 29.2 Å². The second-order valence-electron chi connectivity index (χ2n) is 8.94. The molecule has 0 bridgehead atoms. The third kappa shape index (κ3) is 4.68. The Morgan fingerprint density at radius 2 is 2.06 bits per heavy atom. The van der Waals surface area contributed by atoms with Gasteiger partial charge in [-0.3, -0.25) is 9.36 Å². The summed E-state index contributed by atoms with van der Waals surface area (Å²) >= 11 is 1.41. The Kier molecular flexibility index (Phi) is 6.22. The summed E-state index contributed by atoms with van der Waals surface area (Å²) in [6.45, 7) is 2.68. The molecule has 2 aliphatic rings. The lowest BCUT2D eigenvalue weighted by atomic mass is 10.1. The number of aromatic amines is 1. The zero-order chi connectivity index (χ0) is 23.0. The molecule has 1 atom stereocenters. The maximum Gasteiger partial charge on any atom is 0.233 e. The molecular weight excluding hydrogens is 458 g/mol. The number of aromatic nitrogens is 4. The lowest BCUT2D eigenvalue weighted by Crippen LogP contribution is -2.42. The van der Waals surface area contributed by atoms with Crippen LogP contribution in [0, 0.1) is 0 Å². The molecule has 10 heteroatoms. The first-order valence-corrected chi connectivity index (χ1v) is 14.4. The average Bonchev–Trinajstić information content (AvgIpc) is 3.24. The van der Waals surface area contributed by atoms with Crippen LogP contribution in [0.4, 0.5) is 0 Å². The number of amides is 1. The van der Waals surface area contributed by atoms with Crippen LogP contribution in [0.25, 0.3) is 22.3 Å². The number of carbonyl (C=O) groups excluding carboxylic acids is 1. The number of para-hydroxylation sites is 1. The topological polar surface area (TPSA) is 101 Å². The first-order chi connectivity index (χ1) is 16.0. The van der Waals surface area contributed by atoms with Crippen LogP contribution in [0.1, 0.15) is 45.1 Å². The molecule has 1 amide bonds. The zero-order valence-electron chi connectivity index (χ0n) is 18.7. The second kappa shape index (κ2) is 9.13. The Labute approximate surface area is 198 Å². The fourth-order valence-electron chi connectivity index (χ4n) is 4.55. The summed E-state index contributed by atoms with van der Waals surface area (Å²) in [6.07, 6.45) is 6.50. The van der Waals surface area contributed by atoms with Crippen molar-refractivity contribution in [3.8, 4) is 11.4 Å². The van der Waals surface area contributed by atoms with Gasteiger partial charge in [0.05, 0.1) is 17.3 Å². The largest absolute Gasteiger partial charge is 0.360 e. The lowest BCUT2D eigenvalue weighted by Gasteiger charge is -2.28. The molecule has 0 spiro atoms. The number of fused-ring (bicyclic) bond motifs is 1. The summed E-state index contributed by atoms with van der Waals surface area (Å²) < 4.78 is 26.1. The lowest BCUT2D eigenvalue weighted by molar-refractivity contribution is -0.130. The van der Waals surface area contributed by atoms with Crippen LogP contribution < -0.4 is 0 Å². The Bertz CT molecular complexity index is 1260. The van der Waals surface area contributed by atoms with Crippen LogP contribution in [-0.4, -0.2) is 68.8 Å². The van der Waals surface area contributed by atoms with E-state index in [1.165, 1.54) is 11.8 Å². The van der Waals surface area contributed by atoms with Crippen LogP contribution in [0.3, 0.4) is 0 Å². The number of rotatable bonds is 9. The van der Waals surface area contributed by atoms with Gasteiger partial charge in [-0.2, -0.15) is 0 Å². The fourth-order valence-corrected chi connectivity index (χ4v) is 7.17. The minimum Gasteiger partial charge on any atom is -0.360 e. The van der Waals surface area contributed by atoms with Gasteiger partial charge in [0, 0.05) is 41.3 Å². The van der Waals surface area contributed by atoms with Crippen LogP contribution in [0.15, 0.2) is 35.6 Å². The molecular formula is C23H29N5O3S2. The van der Waals surface area contributed by atoms with Crippen molar-refractivity contribution in [2.75, 3.05) is 23.8 Å². The van der Waals surface area contributed by atoms with Crippen molar-refractivity contribution in [2.45, 2.75) is 56.3 Å². The van der Waals surface area contributed by atoms with Crippen molar-refractivity contribution in [1.82, 2.24) is 24.6 Å². The molecule has 0 radical (unpaired) electrons. The van der Waals surface area contributed by atoms with Gasteiger partial charge in [0.1, 0.15) is 0 Å². The number of sulfone groups is 1. The molecule has 2 aromatic heterocycles. The number of nitrogens with zero attached hydrogens (tertiary/aromatic N) is 4. The van der Waals surface area contributed by atoms with Crippen molar-refractivity contribution in [1.29, 1.82) is 0 Å². The van der Waals surface area contributed by atoms with Gasteiger partial charge < -0.3 is 9.88 Å². The highest BCUT2D eigenvalue weighted by molar-refractivity contribution is 7.99. The van der Waals surface area contributed by atoms with E-state index in [9.17, 15) is 13.2 Å². The van der Waals surface area contributed by atoms with Crippen LogP contribution in [0.2, 0.25) is 0 Å². The van der Waals surface area contributed by atoms with Gasteiger partial charge in [0.25, 0.3) is 0 Å². The Morgan fingerprint density at radius 3 is 2.79 bits per heavy atom. The van der Waals surface area contributed by atoms with Crippen molar-refractivity contribution in [2.24, 2.45) is 0 Å². The van der Waals surface area contributed by atoms with Crippen molar-refractivity contribution in [3.05, 3.63) is 30.5 Å². The van der Waals surface area contributed by atoms with E-state index in [0.717, 1.165) is 53.1 Å². The first kappa shape index (κ1) is 22.5. The quantitative estimate of drug-likeness (QED) is 0.462. The Hall–Kier alpha value is -2.33. The van der Waals surface area contributed by atoms with Crippen LogP contribution >= 0.6 is 11.8 Å². The summed E-state index contributed by atoms with van der Waals surface area (Å²) in [5.74, 6) is 1.30. The monoisotopic (exact) mass is 487 g/mol. The maximum absolute atomic E-state index is 13.2. The third-order valence-electron chi connectivity index (χ3n) is 6.45. The van der Waals surface area contributed by atoms with Crippen LogP contribution in [0.5, 0.6) is 0 Å². The minimum atomic E-state index is -3.05. The van der Waals surface area contributed by atoms with E-state index in [1.54, 1.807) is 4.90 Å². The van der Waals surface area contributed by atoms with Gasteiger partial charge in [-0.25, -0.2) is 8.42 Å². The van der Waals surface area contributed by atoms with Crippen LogP contribution in [-0.2, 0) is 14.6 Å². The molecule has 1 saturated carbocycles. The highest BCUT2D eigenvalue weighted by atomic mass is 32.2. The molecule has 1 aromatic carbocycles. The number of thioether (sulfide) groups is 1. The molecule has 33 heavy (non-hydrogen) atoms. The van der Waals surface area contributed by atoms with Gasteiger partial charge in [-0.05, 0) is 31.7 Å². The number of hydrogen-bond donors (Lipinski definition) is 1. The molecule has 2 fully saturated rings. The normalized spacial score (nSPS) is 19.8. The summed E-state index contributed by atoms with van der Waals surface area (Å²) in [6, 6.07) is 8.28. The molecule has 1 aliphatic heterocycles. The molecule has 3 heterocycles. The van der Waals surface area contributed by atoms with Gasteiger partial charge in [0.15, 0.2) is 20.8 Å². The maximum atomic E-state index is 13.2. The predicted molar refractivity (Wildman–Crippen MR) is 130 cm³/mol. The second-order valence-corrected chi connectivity index (χ2v) is 12.1. The molecule has 8 nitrogen and oxygen atoms in total. The van der Waals surface area contributed by atoms with Gasteiger partial charge in [0.2, 0.25) is 5.91 Å². The predicted octanol–water partition coefficient (Wildman–Crippen LogP) is 3.67. The number of benzene rings is 1. The minimum absolute atomic E-state index is 0.0189. The van der Waals surface area contributed by atoms with E-state index >= 15 is 0 Å². The fraction of sp³-hybridized carbons (Fsp3) is 0.522. The molecule has 1 aliphatic carbocycles. The zero-order valence-corrected chi connectivity index (χ0v) is 20.4. The van der Waals surface area contributed by atoms with E-state index in [2.05, 4.69) is 32.7 Å². The summed E-state index contributed by atoms with van der Waals surface area (Å²) in [5.41, 5.74) is 2.07. The number of nitrogens with one attached hydrogen (secondary N) is 1. The highest BCUT2D eigenvalue weighted by Crippen LogP contribution is 2.42. The van der Waals surface area contributed by atoms with Crippen molar-refractivity contribution >= 4 is 38.4 Å². The molecule has 1 saturated heterocycles.